The lowest BCUT2D eigenvalue weighted by atomic mass is 10.0. The van der Waals surface area contributed by atoms with Crippen molar-refractivity contribution >= 4 is 45.6 Å². The summed E-state index contributed by atoms with van der Waals surface area (Å²) in [5.74, 6) is 0.0923. The lowest BCUT2D eigenvalue weighted by Gasteiger charge is -2.44. The Morgan fingerprint density at radius 2 is 2.07 bits per heavy atom. The molecule has 1 N–H and O–H groups in total. The van der Waals surface area contributed by atoms with E-state index in [2.05, 4.69) is 14.8 Å². The Hall–Kier alpha value is -1.38. The number of halogens is 2. The number of carbonyl (C=O) groups is 1. The predicted octanol–water partition coefficient (Wildman–Crippen LogP) is 3.17. The minimum atomic E-state index is -0.280. The number of rotatable bonds is 5. The quantitative estimate of drug-likeness (QED) is 0.729. The molecule has 0 saturated carbocycles. The molecule has 4 rings (SSSR count). The van der Waals surface area contributed by atoms with E-state index in [1.54, 1.807) is 23.5 Å². The Labute approximate surface area is 191 Å². The minimum absolute atomic E-state index is 0.0447. The maximum Gasteiger partial charge on any atom is 0.227 e. The van der Waals surface area contributed by atoms with Gasteiger partial charge in [-0.15, -0.1) is 11.3 Å². The zero-order valence-corrected chi connectivity index (χ0v) is 19.0. The van der Waals surface area contributed by atoms with E-state index in [1.165, 1.54) is 0 Å². The number of carbonyl (C=O) groups excluding carboxylic acids is 1. The van der Waals surface area contributed by atoms with E-state index in [9.17, 15) is 9.90 Å². The first-order chi connectivity index (χ1) is 14.5. The summed E-state index contributed by atoms with van der Waals surface area (Å²) in [6, 6.07) is 5.40. The van der Waals surface area contributed by atoms with E-state index in [-0.39, 0.29) is 18.1 Å². The fraction of sp³-hybridized carbons (Fsp3) is 0.524. The number of aliphatic hydroxyl groups is 1. The van der Waals surface area contributed by atoms with Gasteiger partial charge in [0.15, 0.2) is 5.13 Å². The fourth-order valence-corrected chi connectivity index (χ4v) is 5.31. The van der Waals surface area contributed by atoms with Crippen LogP contribution in [-0.4, -0.2) is 77.2 Å². The Morgan fingerprint density at radius 1 is 1.20 bits per heavy atom. The zero-order chi connectivity index (χ0) is 21.1. The number of thiazole rings is 1. The number of benzene rings is 1. The number of aliphatic hydroxyl groups excluding tert-OH is 1. The molecule has 0 bridgehead atoms. The van der Waals surface area contributed by atoms with Gasteiger partial charge in [0.25, 0.3) is 0 Å². The molecular weight excluding hydrogens is 443 g/mol. The highest BCUT2D eigenvalue weighted by atomic mass is 35.5. The number of amides is 1. The summed E-state index contributed by atoms with van der Waals surface area (Å²) in [5.41, 5.74) is 0.865. The molecule has 2 aromatic rings. The summed E-state index contributed by atoms with van der Waals surface area (Å²) in [7, 11) is 0. The molecule has 2 fully saturated rings. The van der Waals surface area contributed by atoms with Crippen LogP contribution in [0.2, 0.25) is 10.0 Å². The second-order valence-electron chi connectivity index (χ2n) is 7.98. The molecular formula is C21H26Cl2N4O2S. The van der Waals surface area contributed by atoms with Crippen LogP contribution in [0.25, 0.3) is 0 Å². The van der Waals surface area contributed by atoms with E-state index in [0.717, 1.165) is 49.7 Å². The van der Waals surface area contributed by atoms with Gasteiger partial charge in [-0.05, 0) is 37.1 Å². The van der Waals surface area contributed by atoms with Crippen LogP contribution in [0.3, 0.4) is 0 Å². The van der Waals surface area contributed by atoms with Gasteiger partial charge in [-0.1, -0.05) is 29.3 Å². The van der Waals surface area contributed by atoms with Crippen molar-refractivity contribution in [1.29, 1.82) is 0 Å². The monoisotopic (exact) mass is 468 g/mol. The molecule has 2 aliphatic heterocycles. The van der Waals surface area contributed by atoms with Crippen LogP contribution in [0.1, 0.15) is 18.4 Å². The molecule has 0 spiro atoms. The van der Waals surface area contributed by atoms with Crippen LogP contribution < -0.4 is 4.90 Å². The molecule has 1 amide bonds. The molecule has 1 unspecified atom stereocenters. The lowest BCUT2D eigenvalue weighted by Crippen LogP contribution is -2.60. The summed E-state index contributed by atoms with van der Waals surface area (Å²) in [6.07, 6.45) is 3.68. The number of β-amino-alcohol motifs (C(OH)–C–C–N with tert-alkyl or cyclic N) is 1. The van der Waals surface area contributed by atoms with Crippen LogP contribution in [0.5, 0.6) is 0 Å². The number of hydrogen-bond acceptors (Lipinski definition) is 6. The first-order valence-corrected chi connectivity index (χ1v) is 11.9. The minimum Gasteiger partial charge on any atom is -0.392 e. The third kappa shape index (κ3) is 5.26. The van der Waals surface area contributed by atoms with E-state index < -0.39 is 0 Å². The normalized spacial score (nSPS) is 23.0. The Balaban J connectivity index is 1.48. The average molecular weight is 469 g/mol. The van der Waals surface area contributed by atoms with Crippen molar-refractivity contribution in [3.63, 3.8) is 0 Å². The topological polar surface area (TPSA) is 59.9 Å². The third-order valence-electron chi connectivity index (χ3n) is 5.78. The molecule has 1 aromatic heterocycles. The molecule has 0 radical (unpaired) electrons. The van der Waals surface area contributed by atoms with Gasteiger partial charge in [0.1, 0.15) is 0 Å². The van der Waals surface area contributed by atoms with Crippen LogP contribution in [-0.2, 0) is 11.2 Å². The highest BCUT2D eigenvalue weighted by Crippen LogP contribution is 2.25. The summed E-state index contributed by atoms with van der Waals surface area (Å²) >= 11 is 13.8. The van der Waals surface area contributed by atoms with Crippen molar-refractivity contribution in [3.8, 4) is 0 Å². The smallest absolute Gasteiger partial charge is 0.227 e. The maximum atomic E-state index is 13.2. The van der Waals surface area contributed by atoms with Crippen molar-refractivity contribution in [2.24, 2.45) is 0 Å². The third-order valence-corrected chi connectivity index (χ3v) is 7.35. The summed E-state index contributed by atoms with van der Waals surface area (Å²) in [4.78, 5) is 24.2. The maximum absolute atomic E-state index is 13.2. The lowest BCUT2D eigenvalue weighted by molar-refractivity contribution is -0.133. The van der Waals surface area contributed by atoms with Gasteiger partial charge in [0, 0.05) is 44.3 Å². The first kappa shape index (κ1) is 21.8. The standard InChI is InChI=1S/C21H26Cl2N4O2S/c22-18-4-3-15(10-19(18)23)11-20(29)27-8-7-26(21-24-5-9-30-21)13-16(27)12-25-6-1-2-17(28)14-25/h3-5,9-10,16-17,28H,1-2,6-8,11-14H2/t16-,17?/m1/s1. The Kier molecular flexibility index (Phi) is 7.16. The van der Waals surface area contributed by atoms with Crippen molar-refractivity contribution in [3.05, 3.63) is 45.4 Å². The number of anilines is 1. The van der Waals surface area contributed by atoms with Gasteiger partial charge in [0.05, 0.1) is 28.6 Å². The van der Waals surface area contributed by atoms with Gasteiger partial charge in [0.2, 0.25) is 5.91 Å². The van der Waals surface area contributed by atoms with E-state index in [4.69, 9.17) is 23.2 Å². The Morgan fingerprint density at radius 3 is 2.80 bits per heavy atom. The van der Waals surface area contributed by atoms with Crippen LogP contribution >= 0.6 is 34.5 Å². The molecule has 2 aliphatic rings. The van der Waals surface area contributed by atoms with E-state index in [0.29, 0.717) is 29.6 Å². The number of likely N-dealkylation sites (tertiary alicyclic amines) is 1. The molecule has 2 atom stereocenters. The summed E-state index contributed by atoms with van der Waals surface area (Å²) in [5, 5.41) is 14.0. The number of piperazine rings is 1. The average Bonchev–Trinajstić information content (AvgIpc) is 3.26. The number of piperidine rings is 1. The number of nitrogens with zero attached hydrogens (tertiary/aromatic N) is 4. The fourth-order valence-electron chi connectivity index (χ4n) is 4.31. The van der Waals surface area contributed by atoms with Crippen LogP contribution in [0.15, 0.2) is 29.8 Å². The molecule has 6 nitrogen and oxygen atoms in total. The molecule has 3 heterocycles. The first-order valence-electron chi connectivity index (χ1n) is 10.3. The number of aromatic nitrogens is 1. The highest BCUT2D eigenvalue weighted by Gasteiger charge is 2.33. The highest BCUT2D eigenvalue weighted by molar-refractivity contribution is 7.13. The zero-order valence-electron chi connectivity index (χ0n) is 16.7. The van der Waals surface area contributed by atoms with Gasteiger partial charge in [-0.25, -0.2) is 4.98 Å². The van der Waals surface area contributed by atoms with Crippen molar-refractivity contribution in [1.82, 2.24) is 14.8 Å². The molecule has 2 saturated heterocycles. The van der Waals surface area contributed by atoms with Crippen molar-refractivity contribution in [2.45, 2.75) is 31.4 Å². The van der Waals surface area contributed by atoms with Gasteiger partial charge >= 0.3 is 0 Å². The van der Waals surface area contributed by atoms with E-state index >= 15 is 0 Å². The van der Waals surface area contributed by atoms with Gasteiger partial charge < -0.3 is 14.9 Å². The van der Waals surface area contributed by atoms with E-state index in [1.807, 2.05) is 22.5 Å². The SMILES string of the molecule is O=C(Cc1ccc(Cl)c(Cl)c1)N1CCN(c2nccs2)C[C@H]1CN1CCCC(O)C1. The molecule has 162 valence electrons. The number of hydrogen-bond donors (Lipinski definition) is 1. The Bertz CT molecular complexity index is 867. The van der Waals surface area contributed by atoms with Crippen LogP contribution in [0, 0.1) is 0 Å². The summed E-state index contributed by atoms with van der Waals surface area (Å²) in [6.45, 7) is 4.54. The molecule has 9 heteroatoms. The molecule has 1 aromatic carbocycles. The van der Waals surface area contributed by atoms with Gasteiger partial charge in [-0.2, -0.15) is 0 Å². The van der Waals surface area contributed by atoms with Crippen LogP contribution in [0.4, 0.5) is 5.13 Å². The molecule has 0 aliphatic carbocycles. The largest absolute Gasteiger partial charge is 0.392 e. The second kappa shape index (κ2) is 9.83. The van der Waals surface area contributed by atoms with Crippen molar-refractivity contribution in [2.75, 3.05) is 44.2 Å². The van der Waals surface area contributed by atoms with Gasteiger partial charge in [-0.3, -0.25) is 9.69 Å². The second-order valence-corrected chi connectivity index (χ2v) is 9.67. The summed E-state index contributed by atoms with van der Waals surface area (Å²) < 4.78 is 0. The molecule has 30 heavy (non-hydrogen) atoms. The predicted molar refractivity (Wildman–Crippen MR) is 122 cm³/mol. The van der Waals surface area contributed by atoms with Crippen molar-refractivity contribution < 1.29 is 9.90 Å².